The molecule has 0 aromatic heterocycles. The van der Waals surface area contributed by atoms with Crippen LogP contribution in [0.5, 0.6) is 5.75 Å². The van der Waals surface area contributed by atoms with E-state index in [0.29, 0.717) is 24.3 Å². The van der Waals surface area contributed by atoms with Crippen molar-refractivity contribution in [2.45, 2.75) is 84.9 Å². The van der Waals surface area contributed by atoms with Gasteiger partial charge >= 0.3 is 5.97 Å². The quantitative estimate of drug-likeness (QED) is 0.231. The third kappa shape index (κ3) is 6.92. The zero-order valence-electron chi connectivity index (χ0n) is 23.9. The summed E-state index contributed by atoms with van der Waals surface area (Å²) in [5, 5.41) is 17.3. The minimum Gasteiger partial charge on any atom is -0.508 e. The summed E-state index contributed by atoms with van der Waals surface area (Å²) in [5.74, 6) is -1.74. The molecule has 4 unspecified atom stereocenters. The molecular weight excluding hydrogens is 516 g/mol. The number of phenolic OH excluding ortho intramolecular Hbond substituents is 1. The zero-order chi connectivity index (χ0) is 29.7. The smallest absolute Gasteiger partial charge is 0.329 e. The van der Waals surface area contributed by atoms with Crippen molar-refractivity contribution in [3.05, 3.63) is 45.3 Å². The summed E-state index contributed by atoms with van der Waals surface area (Å²) in [7, 11) is 0. The van der Waals surface area contributed by atoms with Gasteiger partial charge < -0.3 is 20.1 Å². The van der Waals surface area contributed by atoms with Gasteiger partial charge in [0.1, 0.15) is 24.4 Å². The summed E-state index contributed by atoms with van der Waals surface area (Å²) in [6, 6.07) is 3.46. The SMILES string of the molecule is CC(CC1CCC(C)(C)C1(C)C)OC(=O)C1CCCN1C(=O)C(CN=O)NC(=O)/C(=C/c1ccc(O)cc1)N=O. The first-order valence-electron chi connectivity index (χ1n) is 13.8. The lowest BCUT2D eigenvalue weighted by atomic mass is 9.66. The molecule has 40 heavy (non-hydrogen) atoms. The number of benzene rings is 1. The first-order valence-corrected chi connectivity index (χ1v) is 13.8. The Morgan fingerprint density at radius 3 is 2.40 bits per heavy atom. The first kappa shape index (κ1) is 30.9. The van der Waals surface area contributed by atoms with E-state index in [1.54, 1.807) is 0 Å². The number of aromatic hydroxyl groups is 1. The Hall–Kier alpha value is -3.63. The van der Waals surface area contributed by atoms with Crippen molar-refractivity contribution in [2.24, 2.45) is 27.1 Å². The van der Waals surface area contributed by atoms with Gasteiger partial charge in [-0.3, -0.25) is 9.59 Å². The molecule has 1 saturated heterocycles. The van der Waals surface area contributed by atoms with Crippen molar-refractivity contribution in [1.29, 1.82) is 0 Å². The molecule has 1 aromatic rings. The second kappa shape index (κ2) is 12.7. The van der Waals surface area contributed by atoms with Crippen molar-refractivity contribution in [3.63, 3.8) is 0 Å². The number of nitroso groups, excluding NO2 is 2. The number of likely N-dealkylation sites (tertiary alicyclic amines) is 1. The Morgan fingerprint density at radius 1 is 1.15 bits per heavy atom. The van der Waals surface area contributed by atoms with E-state index in [4.69, 9.17) is 4.74 Å². The Bertz CT molecular complexity index is 1150. The zero-order valence-corrected chi connectivity index (χ0v) is 23.9. The van der Waals surface area contributed by atoms with Crippen LogP contribution in [0.4, 0.5) is 0 Å². The summed E-state index contributed by atoms with van der Waals surface area (Å²) < 4.78 is 5.80. The molecule has 0 radical (unpaired) electrons. The molecule has 0 bridgehead atoms. The number of hydrogen-bond acceptors (Lipinski definition) is 9. The third-order valence-corrected chi connectivity index (χ3v) is 9.01. The van der Waals surface area contributed by atoms with Crippen LogP contribution in [0.15, 0.2) is 40.3 Å². The maximum absolute atomic E-state index is 13.4. The standard InChI is InChI=1S/C29H40N4O7/c1-18(15-20-12-13-28(2,3)29(20,4)5)40-27(37)24-7-6-14-33(24)26(36)23(17-30-38)31-25(35)22(32-39)16-19-8-10-21(34)11-9-19/h8-11,16,18,20,23-24,34H,6-7,12-15,17H2,1-5H3,(H,31,35)/b22-16-. The molecule has 1 saturated carbocycles. The van der Waals surface area contributed by atoms with Gasteiger partial charge in [-0.2, -0.15) is 4.91 Å². The van der Waals surface area contributed by atoms with Gasteiger partial charge in [-0.05, 0) is 84.7 Å². The van der Waals surface area contributed by atoms with Crippen molar-refractivity contribution in [3.8, 4) is 5.75 Å². The number of phenols is 1. The molecule has 1 aromatic carbocycles. The van der Waals surface area contributed by atoms with E-state index >= 15 is 0 Å². The predicted octanol–water partition coefficient (Wildman–Crippen LogP) is 4.53. The van der Waals surface area contributed by atoms with Crippen LogP contribution in [0.3, 0.4) is 0 Å². The van der Waals surface area contributed by atoms with Gasteiger partial charge in [0, 0.05) is 6.54 Å². The average molecular weight is 557 g/mol. The van der Waals surface area contributed by atoms with E-state index in [2.05, 4.69) is 43.4 Å². The van der Waals surface area contributed by atoms with E-state index < -0.39 is 42.1 Å². The van der Waals surface area contributed by atoms with Gasteiger partial charge in [0.15, 0.2) is 5.70 Å². The Morgan fingerprint density at radius 2 is 1.82 bits per heavy atom. The summed E-state index contributed by atoms with van der Waals surface area (Å²) in [4.78, 5) is 63.0. The van der Waals surface area contributed by atoms with Crippen LogP contribution in [0.25, 0.3) is 6.08 Å². The highest BCUT2D eigenvalue weighted by Crippen LogP contribution is 2.57. The molecule has 2 amide bonds. The van der Waals surface area contributed by atoms with Crippen molar-refractivity contribution in [1.82, 2.24) is 10.2 Å². The molecule has 2 fully saturated rings. The number of nitrogens with zero attached hydrogens (tertiary/aromatic N) is 3. The first-order chi connectivity index (χ1) is 18.8. The molecule has 0 spiro atoms. The Balaban J connectivity index is 1.66. The molecule has 4 atom stereocenters. The predicted molar refractivity (Wildman–Crippen MR) is 150 cm³/mol. The normalized spacial score (nSPS) is 23.2. The van der Waals surface area contributed by atoms with Crippen molar-refractivity contribution < 1.29 is 24.2 Å². The van der Waals surface area contributed by atoms with E-state index in [1.807, 2.05) is 6.92 Å². The minimum atomic E-state index is -1.39. The number of rotatable bonds is 11. The lowest BCUT2D eigenvalue weighted by Crippen LogP contribution is -2.53. The van der Waals surface area contributed by atoms with Crippen LogP contribution < -0.4 is 5.32 Å². The molecule has 11 nitrogen and oxygen atoms in total. The molecule has 1 aliphatic heterocycles. The molecule has 2 N–H and O–H groups in total. The highest BCUT2D eigenvalue weighted by atomic mass is 16.5. The molecule has 2 aliphatic rings. The summed E-state index contributed by atoms with van der Waals surface area (Å²) in [6.45, 7) is 10.6. The van der Waals surface area contributed by atoms with E-state index in [-0.39, 0.29) is 29.2 Å². The van der Waals surface area contributed by atoms with Crippen molar-refractivity contribution >= 4 is 23.9 Å². The highest BCUT2D eigenvalue weighted by molar-refractivity contribution is 6.00. The maximum atomic E-state index is 13.4. The van der Waals surface area contributed by atoms with Crippen LogP contribution in [-0.4, -0.2) is 59.1 Å². The van der Waals surface area contributed by atoms with Crippen LogP contribution >= 0.6 is 0 Å². The maximum Gasteiger partial charge on any atom is 0.329 e. The number of carbonyl (C=O) groups excluding carboxylic acids is 3. The molecular formula is C29H40N4O7. The summed E-state index contributed by atoms with van der Waals surface area (Å²) >= 11 is 0. The summed E-state index contributed by atoms with van der Waals surface area (Å²) in [5.41, 5.74) is 0.182. The van der Waals surface area contributed by atoms with Gasteiger partial charge in [-0.25, -0.2) is 4.79 Å². The Labute approximate surface area is 234 Å². The Kier molecular flexibility index (Phi) is 9.81. The van der Waals surface area contributed by atoms with Gasteiger partial charge in [-0.1, -0.05) is 45.0 Å². The van der Waals surface area contributed by atoms with Crippen LogP contribution in [0, 0.1) is 26.6 Å². The van der Waals surface area contributed by atoms with E-state index in [1.165, 1.54) is 35.2 Å². The number of carbonyl (C=O) groups is 3. The number of amides is 2. The fraction of sp³-hybridized carbons (Fsp3) is 0.621. The fourth-order valence-corrected chi connectivity index (χ4v) is 5.74. The number of ether oxygens (including phenoxy) is 1. The van der Waals surface area contributed by atoms with E-state index in [0.717, 1.165) is 19.3 Å². The van der Waals surface area contributed by atoms with Crippen molar-refractivity contribution in [2.75, 3.05) is 13.1 Å². The topological polar surface area (TPSA) is 155 Å². The highest BCUT2D eigenvalue weighted by Gasteiger charge is 2.49. The van der Waals surface area contributed by atoms with Gasteiger partial charge in [-0.15, -0.1) is 4.91 Å². The third-order valence-electron chi connectivity index (χ3n) is 9.01. The second-order valence-corrected chi connectivity index (χ2v) is 12.1. The van der Waals surface area contributed by atoms with E-state index in [9.17, 15) is 29.3 Å². The molecule has 1 heterocycles. The van der Waals surface area contributed by atoms with Gasteiger partial charge in [0.2, 0.25) is 5.91 Å². The molecule has 3 rings (SSSR count). The van der Waals surface area contributed by atoms with Gasteiger partial charge in [0.25, 0.3) is 5.91 Å². The molecule has 1 aliphatic carbocycles. The van der Waals surface area contributed by atoms with Crippen LogP contribution in [-0.2, 0) is 19.1 Å². The molecule has 218 valence electrons. The number of esters is 1. The lowest BCUT2D eigenvalue weighted by molar-refractivity contribution is -0.158. The number of hydrogen-bond donors (Lipinski definition) is 2. The van der Waals surface area contributed by atoms with Crippen LogP contribution in [0.1, 0.15) is 72.3 Å². The average Bonchev–Trinajstić information content (AvgIpc) is 3.46. The minimum absolute atomic E-state index is 0.00402. The van der Waals surface area contributed by atoms with Crippen LogP contribution in [0.2, 0.25) is 0 Å². The lowest BCUT2D eigenvalue weighted by Gasteiger charge is -2.40. The fourth-order valence-electron chi connectivity index (χ4n) is 5.74. The largest absolute Gasteiger partial charge is 0.508 e. The second-order valence-electron chi connectivity index (χ2n) is 12.1. The molecule has 11 heteroatoms. The number of nitrogens with one attached hydrogen (secondary N) is 1. The summed E-state index contributed by atoms with van der Waals surface area (Å²) in [6.07, 6.45) is 4.71. The van der Waals surface area contributed by atoms with Gasteiger partial charge in [0.05, 0.1) is 6.10 Å². The monoisotopic (exact) mass is 556 g/mol.